The highest BCUT2D eigenvalue weighted by Crippen LogP contribution is 2.32. The number of anilines is 1. The SMILES string of the molecule is CC(C)c1cccc(C(C)C)c1NC(=O)CN[C@@H](C)c1ccc(F)c(F)c1. The molecule has 2 aromatic carbocycles. The van der Waals surface area contributed by atoms with E-state index in [0.717, 1.165) is 28.9 Å². The molecular formula is C22H28F2N2O. The summed E-state index contributed by atoms with van der Waals surface area (Å²) in [7, 11) is 0. The zero-order chi connectivity index (χ0) is 20.1. The standard InChI is InChI=1S/C22H28F2N2O/c1-13(2)17-7-6-8-18(14(3)4)22(17)26-21(27)12-25-15(5)16-9-10-19(23)20(24)11-16/h6-11,13-15,25H,12H2,1-5H3,(H,26,27)/t15-/m0/s1. The minimum absolute atomic E-state index is 0.0735. The van der Waals surface area contributed by atoms with Crippen LogP contribution >= 0.6 is 0 Å². The highest BCUT2D eigenvalue weighted by atomic mass is 19.2. The first kappa shape index (κ1) is 21.0. The van der Waals surface area contributed by atoms with Crippen LogP contribution in [0.4, 0.5) is 14.5 Å². The first-order valence-electron chi connectivity index (χ1n) is 9.31. The predicted octanol–water partition coefficient (Wildman–Crippen LogP) is 5.50. The maximum absolute atomic E-state index is 13.4. The molecule has 0 aliphatic rings. The van der Waals surface area contributed by atoms with Gasteiger partial charge in [-0.25, -0.2) is 8.78 Å². The Morgan fingerprint density at radius 1 is 0.926 bits per heavy atom. The van der Waals surface area contributed by atoms with Gasteiger partial charge in [-0.2, -0.15) is 0 Å². The maximum atomic E-state index is 13.4. The van der Waals surface area contributed by atoms with Crippen molar-refractivity contribution < 1.29 is 13.6 Å². The molecule has 0 aliphatic heterocycles. The van der Waals surface area contributed by atoms with Gasteiger partial charge in [-0.05, 0) is 47.6 Å². The molecule has 146 valence electrons. The summed E-state index contributed by atoms with van der Waals surface area (Å²) in [5, 5.41) is 6.10. The highest BCUT2D eigenvalue weighted by molar-refractivity contribution is 5.94. The van der Waals surface area contributed by atoms with E-state index in [-0.39, 0.29) is 30.3 Å². The molecule has 0 saturated carbocycles. The van der Waals surface area contributed by atoms with E-state index in [0.29, 0.717) is 5.56 Å². The van der Waals surface area contributed by atoms with Gasteiger partial charge in [0.25, 0.3) is 0 Å². The Hall–Kier alpha value is -2.27. The summed E-state index contributed by atoms with van der Waals surface area (Å²) in [5.41, 5.74) is 3.66. The topological polar surface area (TPSA) is 41.1 Å². The van der Waals surface area contributed by atoms with Crippen molar-refractivity contribution in [2.45, 2.75) is 52.5 Å². The summed E-state index contributed by atoms with van der Waals surface area (Å²) in [4.78, 5) is 12.5. The van der Waals surface area contributed by atoms with Gasteiger partial charge in [-0.1, -0.05) is 52.0 Å². The first-order valence-corrected chi connectivity index (χ1v) is 9.31. The molecular weight excluding hydrogens is 346 g/mol. The van der Waals surface area contributed by atoms with Crippen LogP contribution in [-0.2, 0) is 4.79 Å². The zero-order valence-corrected chi connectivity index (χ0v) is 16.6. The monoisotopic (exact) mass is 374 g/mol. The van der Waals surface area contributed by atoms with Crippen LogP contribution in [0.1, 0.15) is 69.2 Å². The Morgan fingerprint density at radius 3 is 2.04 bits per heavy atom. The molecule has 0 bridgehead atoms. The summed E-state index contributed by atoms with van der Waals surface area (Å²) in [5.74, 6) is -1.37. The second kappa shape index (κ2) is 9.09. The molecule has 0 unspecified atom stereocenters. The van der Waals surface area contributed by atoms with Gasteiger partial charge in [-0.15, -0.1) is 0 Å². The lowest BCUT2D eigenvalue weighted by molar-refractivity contribution is -0.115. The molecule has 0 radical (unpaired) electrons. The average Bonchev–Trinajstić information content (AvgIpc) is 2.61. The van der Waals surface area contributed by atoms with E-state index in [9.17, 15) is 13.6 Å². The summed E-state index contributed by atoms with van der Waals surface area (Å²) in [6, 6.07) is 9.55. The van der Waals surface area contributed by atoms with Gasteiger partial charge in [-0.3, -0.25) is 4.79 Å². The van der Waals surface area contributed by atoms with Gasteiger partial charge in [0.15, 0.2) is 11.6 Å². The fourth-order valence-corrected chi connectivity index (χ4v) is 3.02. The number of hydrogen-bond acceptors (Lipinski definition) is 2. The van der Waals surface area contributed by atoms with E-state index in [1.165, 1.54) is 6.07 Å². The Kier molecular flexibility index (Phi) is 7.08. The molecule has 5 heteroatoms. The second-order valence-electron chi connectivity index (χ2n) is 7.45. The van der Waals surface area contributed by atoms with Crippen LogP contribution in [0.2, 0.25) is 0 Å². The molecule has 0 fully saturated rings. The third-order valence-corrected chi connectivity index (χ3v) is 4.65. The lowest BCUT2D eigenvalue weighted by Gasteiger charge is -2.21. The Labute approximate surface area is 160 Å². The molecule has 27 heavy (non-hydrogen) atoms. The molecule has 0 aromatic heterocycles. The molecule has 1 atom stereocenters. The largest absolute Gasteiger partial charge is 0.324 e. The van der Waals surface area contributed by atoms with Crippen molar-refractivity contribution in [1.29, 1.82) is 0 Å². The van der Waals surface area contributed by atoms with Crippen molar-refractivity contribution in [2.24, 2.45) is 0 Å². The van der Waals surface area contributed by atoms with E-state index >= 15 is 0 Å². The average molecular weight is 374 g/mol. The lowest BCUT2D eigenvalue weighted by Crippen LogP contribution is -2.31. The Bertz CT molecular complexity index is 777. The van der Waals surface area contributed by atoms with Crippen molar-refractivity contribution in [3.8, 4) is 0 Å². The normalized spacial score (nSPS) is 12.5. The van der Waals surface area contributed by atoms with Gasteiger partial charge in [0.05, 0.1) is 6.54 Å². The van der Waals surface area contributed by atoms with E-state index < -0.39 is 11.6 Å². The number of benzene rings is 2. The third-order valence-electron chi connectivity index (χ3n) is 4.65. The van der Waals surface area contributed by atoms with E-state index in [1.807, 2.05) is 25.1 Å². The minimum atomic E-state index is -0.891. The zero-order valence-electron chi connectivity index (χ0n) is 16.6. The van der Waals surface area contributed by atoms with Crippen molar-refractivity contribution >= 4 is 11.6 Å². The fourth-order valence-electron chi connectivity index (χ4n) is 3.02. The van der Waals surface area contributed by atoms with Gasteiger partial charge in [0.1, 0.15) is 0 Å². The number of hydrogen-bond donors (Lipinski definition) is 2. The quantitative estimate of drug-likeness (QED) is 0.672. The Balaban J connectivity index is 2.08. The molecule has 2 aromatic rings. The van der Waals surface area contributed by atoms with Crippen LogP contribution in [0.3, 0.4) is 0 Å². The molecule has 0 aliphatic carbocycles. The number of rotatable bonds is 7. The maximum Gasteiger partial charge on any atom is 0.238 e. The van der Waals surface area contributed by atoms with Gasteiger partial charge in [0, 0.05) is 11.7 Å². The van der Waals surface area contributed by atoms with Gasteiger partial charge < -0.3 is 10.6 Å². The van der Waals surface area contributed by atoms with Gasteiger partial charge in [0.2, 0.25) is 5.91 Å². The van der Waals surface area contributed by atoms with Crippen LogP contribution in [0, 0.1) is 11.6 Å². The molecule has 0 heterocycles. The third kappa shape index (κ3) is 5.36. The van der Waals surface area contributed by atoms with E-state index in [2.05, 4.69) is 38.3 Å². The van der Waals surface area contributed by atoms with Crippen molar-refractivity contribution in [3.63, 3.8) is 0 Å². The number of carbonyl (C=O) groups is 1. The number of carbonyl (C=O) groups excluding carboxylic acids is 1. The fraction of sp³-hybridized carbons (Fsp3) is 0.409. The molecule has 2 rings (SSSR count). The van der Waals surface area contributed by atoms with Crippen LogP contribution in [-0.4, -0.2) is 12.5 Å². The van der Waals surface area contributed by atoms with Gasteiger partial charge >= 0.3 is 0 Å². The first-order chi connectivity index (χ1) is 12.7. The lowest BCUT2D eigenvalue weighted by atomic mass is 9.92. The number of halogens is 2. The summed E-state index contributed by atoms with van der Waals surface area (Å²) >= 11 is 0. The van der Waals surface area contributed by atoms with Crippen LogP contribution in [0.25, 0.3) is 0 Å². The van der Waals surface area contributed by atoms with Crippen LogP contribution < -0.4 is 10.6 Å². The van der Waals surface area contributed by atoms with E-state index in [1.54, 1.807) is 0 Å². The minimum Gasteiger partial charge on any atom is -0.324 e. The number of nitrogens with one attached hydrogen (secondary N) is 2. The molecule has 3 nitrogen and oxygen atoms in total. The summed E-state index contributed by atoms with van der Waals surface area (Å²) in [6.07, 6.45) is 0. The highest BCUT2D eigenvalue weighted by Gasteiger charge is 2.16. The molecule has 0 saturated heterocycles. The molecule has 0 spiro atoms. The van der Waals surface area contributed by atoms with E-state index in [4.69, 9.17) is 0 Å². The van der Waals surface area contributed by atoms with Crippen LogP contribution in [0.5, 0.6) is 0 Å². The van der Waals surface area contributed by atoms with Crippen molar-refractivity contribution in [2.75, 3.05) is 11.9 Å². The molecule has 2 N–H and O–H groups in total. The predicted molar refractivity (Wildman–Crippen MR) is 106 cm³/mol. The van der Waals surface area contributed by atoms with Crippen molar-refractivity contribution in [1.82, 2.24) is 5.32 Å². The summed E-state index contributed by atoms with van der Waals surface area (Å²) in [6.45, 7) is 10.3. The smallest absolute Gasteiger partial charge is 0.238 e. The summed E-state index contributed by atoms with van der Waals surface area (Å²) < 4.78 is 26.4. The number of para-hydroxylation sites is 1. The molecule has 1 amide bonds. The second-order valence-corrected chi connectivity index (χ2v) is 7.45. The Morgan fingerprint density at radius 2 is 1.52 bits per heavy atom. The van der Waals surface area contributed by atoms with Crippen LogP contribution in [0.15, 0.2) is 36.4 Å². The van der Waals surface area contributed by atoms with Crippen molar-refractivity contribution in [3.05, 3.63) is 64.7 Å². The number of amides is 1.